The molecule has 1 aliphatic heterocycles. The zero-order valence-corrected chi connectivity index (χ0v) is 16.0. The molecule has 4 rings (SSSR count). The summed E-state index contributed by atoms with van der Waals surface area (Å²) >= 11 is 1.27. The lowest BCUT2D eigenvalue weighted by Crippen LogP contribution is -2.45. The summed E-state index contributed by atoms with van der Waals surface area (Å²) < 4.78 is 34.7. The number of anilines is 1. The number of urea groups is 1. The minimum Gasteiger partial charge on any atom is -0.497 e. The standard InChI is InChI=1S/C19H16F2N4O3S/c1-28-9-6-11(20)15(12(21)7-9)10-8-22-17(26)16(10)24-18(27)25-19-23-13-4-2-3-5-14(13)29-19/h2-7,10,16H,8H2,1H3,(H,22,26)(H2,23,24,25,27)/t10-,16?/m0/s1. The molecule has 2 aromatic carbocycles. The summed E-state index contributed by atoms with van der Waals surface area (Å²) in [7, 11) is 1.30. The first-order chi connectivity index (χ1) is 14.0. The Balaban J connectivity index is 1.53. The van der Waals surface area contributed by atoms with Crippen LogP contribution in [-0.2, 0) is 4.79 Å². The monoisotopic (exact) mass is 418 g/mol. The number of para-hydroxylation sites is 1. The molecule has 7 nitrogen and oxygen atoms in total. The van der Waals surface area contributed by atoms with Crippen LogP contribution < -0.4 is 20.7 Å². The Morgan fingerprint density at radius 3 is 2.69 bits per heavy atom. The highest BCUT2D eigenvalue weighted by Crippen LogP contribution is 2.31. The average Bonchev–Trinajstić information content (AvgIpc) is 3.25. The van der Waals surface area contributed by atoms with Gasteiger partial charge in [0.1, 0.15) is 23.4 Å². The predicted molar refractivity (Wildman–Crippen MR) is 104 cm³/mol. The van der Waals surface area contributed by atoms with Crippen LogP contribution >= 0.6 is 11.3 Å². The van der Waals surface area contributed by atoms with Gasteiger partial charge < -0.3 is 15.4 Å². The number of amides is 3. The number of benzene rings is 2. The molecule has 3 N–H and O–H groups in total. The molecule has 10 heteroatoms. The van der Waals surface area contributed by atoms with Gasteiger partial charge in [0, 0.05) is 30.2 Å². The molecule has 0 spiro atoms. The van der Waals surface area contributed by atoms with E-state index in [2.05, 4.69) is 20.9 Å². The number of aromatic nitrogens is 1. The van der Waals surface area contributed by atoms with Crippen LogP contribution in [0.15, 0.2) is 36.4 Å². The van der Waals surface area contributed by atoms with Crippen LogP contribution in [0.1, 0.15) is 11.5 Å². The van der Waals surface area contributed by atoms with Crippen LogP contribution in [0.2, 0.25) is 0 Å². The molecule has 1 unspecified atom stereocenters. The van der Waals surface area contributed by atoms with Crippen molar-refractivity contribution in [1.82, 2.24) is 15.6 Å². The lowest BCUT2D eigenvalue weighted by Gasteiger charge is -2.20. The van der Waals surface area contributed by atoms with Crippen molar-refractivity contribution in [3.8, 4) is 5.75 Å². The summed E-state index contributed by atoms with van der Waals surface area (Å²) in [6, 6.07) is 7.62. The molecule has 0 aliphatic carbocycles. The van der Waals surface area contributed by atoms with Crippen LogP contribution in [0.4, 0.5) is 18.7 Å². The second kappa shape index (κ2) is 7.63. The van der Waals surface area contributed by atoms with Gasteiger partial charge in [-0.1, -0.05) is 23.5 Å². The lowest BCUT2D eigenvalue weighted by atomic mass is 9.93. The van der Waals surface area contributed by atoms with Crippen molar-refractivity contribution in [2.75, 3.05) is 19.0 Å². The minimum absolute atomic E-state index is 0.00884. The molecule has 3 amide bonds. The number of hydrogen-bond donors (Lipinski definition) is 3. The lowest BCUT2D eigenvalue weighted by molar-refractivity contribution is -0.120. The molecule has 29 heavy (non-hydrogen) atoms. The third-order valence-electron chi connectivity index (χ3n) is 4.64. The number of nitrogens with zero attached hydrogens (tertiary/aromatic N) is 1. The number of ether oxygens (including phenoxy) is 1. The number of thiazole rings is 1. The van der Waals surface area contributed by atoms with Crippen LogP contribution in [0, 0.1) is 11.6 Å². The van der Waals surface area contributed by atoms with Gasteiger partial charge in [0.15, 0.2) is 5.13 Å². The highest BCUT2D eigenvalue weighted by molar-refractivity contribution is 7.22. The molecule has 1 saturated heterocycles. The molecule has 1 aromatic heterocycles. The molecule has 2 heterocycles. The molecule has 3 aromatic rings. The van der Waals surface area contributed by atoms with E-state index in [4.69, 9.17) is 4.74 Å². The first-order valence-electron chi connectivity index (χ1n) is 8.70. The minimum atomic E-state index is -1.14. The normalized spacial score (nSPS) is 18.5. The summed E-state index contributed by atoms with van der Waals surface area (Å²) in [5.41, 5.74) is 0.445. The Hall–Kier alpha value is -3.27. The molecule has 0 radical (unpaired) electrons. The van der Waals surface area contributed by atoms with E-state index in [0.29, 0.717) is 5.13 Å². The van der Waals surface area contributed by atoms with E-state index in [9.17, 15) is 18.4 Å². The Bertz CT molecular complexity index is 1050. The average molecular weight is 418 g/mol. The van der Waals surface area contributed by atoms with Crippen molar-refractivity contribution in [3.05, 3.63) is 53.6 Å². The summed E-state index contributed by atoms with van der Waals surface area (Å²) in [5, 5.41) is 7.94. The maximum absolute atomic E-state index is 14.5. The third kappa shape index (κ3) is 3.70. The van der Waals surface area contributed by atoms with Crippen molar-refractivity contribution in [2.24, 2.45) is 0 Å². The van der Waals surface area contributed by atoms with Gasteiger partial charge in [0.25, 0.3) is 0 Å². The SMILES string of the molecule is COc1cc(F)c([C@@H]2CNC(=O)C2NC(=O)Nc2nc3ccccc3s2)c(F)c1. The van der Waals surface area contributed by atoms with Crippen LogP contribution in [-0.4, -0.2) is 36.6 Å². The maximum Gasteiger partial charge on any atom is 0.321 e. The highest BCUT2D eigenvalue weighted by atomic mass is 32.1. The number of nitrogens with one attached hydrogen (secondary N) is 3. The number of fused-ring (bicyclic) bond motifs is 1. The van der Waals surface area contributed by atoms with Gasteiger partial charge in [-0.05, 0) is 12.1 Å². The van der Waals surface area contributed by atoms with E-state index in [1.807, 2.05) is 24.3 Å². The van der Waals surface area contributed by atoms with Crippen LogP contribution in [0.25, 0.3) is 10.2 Å². The quantitative estimate of drug-likeness (QED) is 0.607. The number of hydrogen-bond acceptors (Lipinski definition) is 5. The molecule has 150 valence electrons. The van der Waals surface area contributed by atoms with Gasteiger partial charge in [-0.15, -0.1) is 0 Å². The fourth-order valence-electron chi connectivity index (χ4n) is 3.29. The van der Waals surface area contributed by atoms with Crippen LogP contribution in [0.3, 0.4) is 0 Å². The van der Waals surface area contributed by atoms with E-state index in [1.54, 1.807) is 0 Å². The van der Waals surface area contributed by atoms with Crippen molar-refractivity contribution in [3.63, 3.8) is 0 Å². The van der Waals surface area contributed by atoms with Crippen molar-refractivity contribution >= 4 is 38.6 Å². The van der Waals surface area contributed by atoms with E-state index in [1.165, 1.54) is 18.4 Å². The first kappa shape index (κ1) is 19.1. The second-order valence-electron chi connectivity index (χ2n) is 6.42. The smallest absolute Gasteiger partial charge is 0.321 e. The topological polar surface area (TPSA) is 92.4 Å². The zero-order chi connectivity index (χ0) is 20.5. The third-order valence-corrected chi connectivity index (χ3v) is 5.59. The summed E-state index contributed by atoms with van der Waals surface area (Å²) in [4.78, 5) is 28.9. The number of rotatable bonds is 4. The number of methoxy groups -OCH3 is 1. The Morgan fingerprint density at radius 2 is 2.00 bits per heavy atom. The van der Waals surface area contributed by atoms with Crippen molar-refractivity contribution in [1.29, 1.82) is 0 Å². The van der Waals surface area contributed by atoms with Crippen molar-refractivity contribution in [2.45, 2.75) is 12.0 Å². The van der Waals surface area contributed by atoms with E-state index in [0.717, 1.165) is 22.3 Å². The summed E-state index contributed by atoms with van der Waals surface area (Å²) in [5.74, 6) is -3.10. The second-order valence-corrected chi connectivity index (χ2v) is 7.45. The molecular formula is C19H16F2N4O3S. The Kier molecular flexibility index (Phi) is 5.01. The number of halogens is 2. The van der Waals surface area contributed by atoms with Gasteiger partial charge in [0.05, 0.1) is 17.3 Å². The predicted octanol–water partition coefficient (Wildman–Crippen LogP) is 2.99. The molecule has 2 atom stereocenters. The van der Waals surface area contributed by atoms with Crippen molar-refractivity contribution < 1.29 is 23.1 Å². The van der Waals surface area contributed by atoms with Gasteiger partial charge in [-0.25, -0.2) is 18.6 Å². The molecule has 1 fully saturated rings. The fraction of sp³-hybridized carbons (Fsp3) is 0.211. The zero-order valence-electron chi connectivity index (χ0n) is 15.2. The van der Waals surface area contributed by atoms with Crippen LogP contribution in [0.5, 0.6) is 5.75 Å². The molecule has 0 bridgehead atoms. The van der Waals surface area contributed by atoms with Gasteiger partial charge in [0.2, 0.25) is 5.91 Å². The number of carbonyl (C=O) groups is 2. The first-order valence-corrected chi connectivity index (χ1v) is 9.51. The van der Waals surface area contributed by atoms with Gasteiger partial charge in [-0.2, -0.15) is 0 Å². The fourth-order valence-corrected chi connectivity index (χ4v) is 4.15. The molecule has 1 aliphatic rings. The Morgan fingerprint density at radius 1 is 1.28 bits per heavy atom. The number of carbonyl (C=O) groups excluding carboxylic acids is 2. The van der Waals surface area contributed by atoms with E-state index in [-0.39, 0.29) is 17.9 Å². The van der Waals surface area contributed by atoms with Gasteiger partial charge in [-0.3, -0.25) is 10.1 Å². The van der Waals surface area contributed by atoms with E-state index < -0.39 is 35.5 Å². The van der Waals surface area contributed by atoms with E-state index >= 15 is 0 Å². The highest BCUT2D eigenvalue weighted by Gasteiger charge is 2.40. The molecular weight excluding hydrogens is 402 g/mol. The van der Waals surface area contributed by atoms with Gasteiger partial charge >= 0.3 is 6.03 Å². The molecule has 0 saturated carbocycles. The summed E-state index contributed by atoms with van der Waals surface area (Å²) in [6.45, 7) is -0.00884. The largest absolute Gasteiger partial charge is 0.497 e. The summed E-state index contributed by atoms with van der Waals surface area (Å²) in [6.07, 6.45) is 0. The Labute approximate surface area is 168 Å². The maximum atomic E-state index is 14.5.